The van der Waals surface area contributed by atoms with Crippen LogP contribution in [0.1, 0.15) is 34.8 Å². The van der Waals surface area contributed by atoms with Crippen LogP contribution in [0.4, 0.5) is 9.93 Å². The predicted molar refractivity (Wildman–Crippen MR) is 104 cm³/mol. The van der Waals surface area contributed by atoms with Gasteiger partial charge in [0.1, 0.15) is 0 Å². The van der Waals surface area contributed by atoms with Crippen molar-refractivity contribution in [2.75, 3.05) is 11.9 Å². The topological polar surface area (TPSA) is 103 Å². The van der Waals surface area contributed by atoms with Crippen molar-refractivity contribution in [1.29, 1.82) is 0 Å². The summed E-state index contributed by atoms with van der Waals surface area (Å²) < 4.78 is 0. The molecule has 3 amide bonds. The molecule has 2 aromatic heterocycles. The van der Waals surface area contributed by atoms with Crippen LogP contribution in [-0.2, 0) is 13.0 Å². The molecule has 1 aliphatic rings. The van der Waals surface area contributed by atoms with E-state index in [1.165, 1.54) is 11.3 Å². The van der Waals surface area contributed by atoms with Gasteiger partial charge in [-0.1, -0.05) is 11.3 Å². The van der Waals surface area contributed by atoms with Gasteiger partial charge in [-0.15, -0.1) is 0 Å². The molecule has 0 fully saturated rings. The lowest BCUT2D eigenvalue weighted by Gasteiger charge is -2.26. The van der Waals surface area contributed by atoms with E-state index in [9.17, 15) is 9.59 Å². The van der Waals surface area contributed by atoms with Crippen molar-refractivity contribution in [3.63, 3.8) is 0 Å². The molecule has 0 radical (unpaired) electrons. The van der Waals surface area contributed by atoms with Gasteiger partial charge in [-0.3, -0.25) is 10.1 Å². The van der Waals surface area contributed by atoms with Gasteiger partial charge in [-0.05, 0) is 32.0 Å². The molecule has 0 unspecified atom stereocenters. The number of thiazole rings is 1. The number of rotatable bonds is 3. The van der Waals surface area contributed by atoms with Gasteiger partial charge in [0.2, 0.25) is 0 Å². The molecular weight excluding hydrogens is 364 g/mol. The van der Waals surface area contributed by atoms with Crippen molar-refractivity contribution in [1.82, 2.24) is 25.2 Å². The third kappa shape index (κ3) is 3.63. The highest BCUT2D eigenvalue weighted by molar-refractivity contribution is 7.15. The Labute approximate surface area is 160 Å². The lowest BCUT2D eigenvalue weighted by Crippen LogP contribution is -2.35. The molecular formula is C18H20N6O2S. The average Bonchev–Trinajstić information content (AvgIpc) is 3.24. The number of aromatic amines is 1. The van der Waals surface area contributed by atoms with Gasteiger partial charge in [0, 0.05) is 29.4 Å². The van der Waals surface area contributed by atoms with E-state index in [1.807, 2.05) is 30.9 Å². The molecule has 27 heavy (non-hydrogen) atoms. The summed E-state index contributed by atoms with van der Waals surface area (Å²) in [5, 5.41) is 6.10. The number of nitrogens with zero attached hydrogens (tertiary/aromatic N) is 3. The minimum absolute atomic E-state index is 0.0161. The number of H-pyrrole nitrogens is 1. The molecule has 0 saturated carbocycles. The summed E-state index contributed by atoms with van der Waals surface area (Å²) in [6.07, 6.45) is 2.30. The van der Waals surface area contributed by atoms with Gasteiger partial charge in [0.05, 0.1) is 29.6 Å². The Hall–Kier alpha value is -2.94. The minimum Gasteiger partial charge on any atom is -0.345 e. The zero-order valence-corrected chi connectivity index (χ0v) is 15.9. The molecule has 0 atom stereocenters. The Bertz CT molecular complexity index is 1010. The van der Waals surface area contributed by atoms with Gasteiger partial charge in [0.25, 0.3) is 5.91 Å². The van der Waals surface area contributed by atoms with E-state index in [1.54, 1.807) is 12.4 Å². The molecule has 0 bridgehead atoms. The van der Waals surface area contributed by atoms with Crippen LogP contribution < -0.4 is 10.6 Å². The summed E-state index contributed by atoms with van der Waals surface area (Å²) >= 11 is 1.42. The number of hydrogen-bond donors (Lipinski definition) is 3. The van der Waals surface area contributed by atoms with Gasteiger partial charge in [0.15, 0.2) is 5.13 Å². The highest BCUT2D eigenvalue weighted by atomic mass is 32.1. The van der Waals surface area contributed by atoms with Crippen molar-refractivity contribution in [2.24, 2.45) is 0 Å². The monoisotopic (exact) mass is 384 g/mol. The van der Waals surface area contributed by atoms with E-state index in [-0.39, 0.29) is 18.0 Å². The molecule has 140 valence electrons. The lowest BCUT2D eigenvalue weighted by atomic mass is 10.1. The van der Waals surface area contributed by atoms with Gasteiger partial charge < -0.3 is 15.2 Å². The molecule has 0 saturated heterocycles. The molecule has 0 spiro atoms. The van der Waals surface area contributed by atoms with Crippen LogP contribution in [0.3, 0.4) is 0 Å². The molecule has 3 aromatic rings. The largest absolute Gasteiger partial charge is 0.345 e. The zero-order valence-electron chi connectivity index (χ0n) is 15.1. The standard InChI is InChI=1S/C18H20N6O2S/c1-10(2)21-17(26)23-18-22-13-5-6-24(8-15(13)27-18)16(25)11-3-4-12-14(7-11)20-9-19-12/h3-4,7,9-10H,5-6,8H2,1-2H3,(H,19,20)(H2,21,22,23,26). The molecule has 1 aromatic carbocycles. The maximum absolute atomic E-state index is 12.9. The van der Waals surface area contributed by atoms with E-state index >= 15 is 0 Å². The number of aromatic nitrogens is 3. The maximum Gasteiger partial charge on any atom is 0.321 e. The summed E-state index contributed by atoms with van der Waals surface area (Å²) in [4.78, 5) is 39.3. The van der Waals surface area contributed by atoms with Crippen molar-refractivity contribution >= 4 is 39.4 Å². The quantitative estimate of drug-likeness (QED) is 0.646. The summed E-state index contributed by atoms with van der Waals surface area (Å²) in [5.41, 5.74) is 3.27. The highest BCUT2D eigenvalue weighted by Gasteiger charge is 2.25. The highest BCUT2D eigenvalue weighted by Crippen LogP contribution is 2.29. The molecule has 9 heteroatoms. The van der Waals surface area contributed by atoms with Crippen LogP contribution in [0.25, 0.3) is 11.0 Å². The van der Waals surface area contributed by atoms with Gasteiger partial charge >= 0.3 is 6.03 Å². The Morgan fingerprint density at radius 1 is 1.33 bits per heavy atom. The Balaban J connectivity index is 1.47. The van der Waals surface area contributed by atoms with Gasteiger partial charge in [-0.25, -0.2) is 14.8 Å². The van der Waals surface area contributed by atoms with Crippen molar-refractivity contribution in [2.45, 2.75) is 32.9 Å². The number of nitrogens with one attached hydrogen (secondary N) is 3. The lowest BCUT2D eigenvalue weighted by molar-refractivity contribution is 0.0736. The summed E-state index contributed by atoms with van der Waals surface area (Å²) in [7, 11) is 0. The number of imidazole rings is 1. The van der Waals surface area contributed by atoms with Crippen LogP contribution in [-0.4, -0.2) is 44.4 Å². The second-order valence-electron chi connectivity index (χ2n) is 6.75. The molecule has 8 nitrogen and oxygen atoms in total. The van der Waals surface area contributed by atoms with E-state index in [0.717, 1.165) is 21.6 Å². The van der Waals surface area contributed by atoms with Crippen molar-refractivity contribution in [3.05, 3.63) is 40.7 Å². The summed E-state index contributed by atoms with van der Waals surface area (Å²) in [6, 6.07) is 5.26. The smallest absolute Gasteiger partial charge is 0.321 e. The normalized spacial score (nSPS) is 13.7. The van der Waals surface area contributed by atoms with Crippen LogP contribution in [0.2, 0.25) is 0 Å². The molecule has 1 aliphatic heterocycles. The van der Waals surface area contributed by atoms with Crippen LogP contribution in [0.15, 0.2) is 24.5 Å². The Kier molecular flexibility index (Phi) is 4.53. The second-order valence-corrected chi connectivity index (χ2v) is 7.84. The summed E-state index contributed by atoms with van der Waals surface area (Å²) in [5.74, 6) is -0.0161. The number of hydrogen-bond acceptors (Lipinski definition) is 5. The zero-order chi connectivity index (χ0) is 19.0. The number of urea groups is 1. The number of benzene rings is 1. The van der Waals surface area contributed by atoms with Gasteiger partial charge in [-0.2, -0.15) is 0 Å². The third-order valence-electron chi connectivity index (χ3n) is 4.33. The Morgan fingerprint density at radius 2 is 2.19 bits per heavy atom. The fourth-order valence-electron chi connectivity index (χ4n) is 3.07. The van der Waals surface area contributed by atoms with E-state index < -0.39 is 0 Å². The first-order valence-corrected chi connectivity index (χ1v) is 9.60. The second kappa shape index (κ2) is 6.99. The fourth-order valence-corrected chi connectivity index (χ4v) is 4.09. The van der Waals surface area contributed by atoms with E-state index in [0.29, 0.717) is 30.2 Å². The third-order valence-corrected chi connectivity index (χ3v) is 5.32. The minimum atomic E-state index is -0.267. The predicted octanol–water partition coefficient (Wildman–Crippen LogP) is 2.75. The first kappa shape index (κ1) is 17.5. The molecule has 3 N–H and O–H groups in total. The molecule has 3 heterocycles. The number of amides is 3. The Morgan fingerprint density at radius 3 is 3.00 bits per heavy atom. The van der Waals surface area contributed by atoms with E-state index in [4.69, 9.17) is 0 Å². The van der Waals surface area contributed by atoms with Crippen LogP contribution >= 0.6 is 11.3 Å². The molecule has 0 aliphatic carbocycles. The first-order valence-electron chi connectivity index (χ1n) is 8.78. The maximum atomic E-state index is 12.9. The number of carbonyl (C=O) groups excluding carboxylic acids is 2. The SMILES string of the molecule is CC(C)NC(=O)Nc1nc2c(s1)CN(C(=O)c1ccc3nc[nH]c3c1)CC2. The van der Waals surface area contributed by atoms with Crippen molar-refractivity contribution in [3.8, 4) is 0 Å². The number of fused-ring (bicyclic) bond motifs is 2. The van der Waals surface area contributed by atoms with E-state index in [2.05, 4.69) is 25.6 Å². The number of carbonyl (C=O) groups is 2. The van der Waals surface area contributed by atoms with Crippen LogP contribution in [0.5, 0.6) is 0 Å². The van der Waals surface area contributed by atoms with Crippen LogP contribution in [0, 0.1) is 0 Å². The average molecular weight is 384 g/mol. The molecule has 4 rings (SSSR count). The van der Waals surface area contributed by atoms with Crippen molar-refractivity contribution < 1.29 is 9.59 Å². The first-order chi connectivity index (χ1) is 13.0. The summed E-state index contributed by atoms with van der Waals surface area (Å²) in [6.45, 7) is 4.90. The fraction of sp³-hybridized carbons (Fsp3) is 0.333. The number of anilines is 1.